The van der Waals surface area contributed by atoms with Crippen LogP contribution in [0.2, 0.25) is 0 Å². The Bertz CT molecular complexity index is 680. The summed E-state index contributed by atoms with van der Waals surface area (Å²) in [6.45, 7) is 0. The summed E-state index contributed by atoms with van der Waals surface area (Å²) >= 11 is 1.47. The zero-order chi connectivity index (χ0) is 16.9. The SMILES string of the molecule is CN(C)C(=O)CSc1nnc(-c2cccnc2)n1C1CCCCC1. The van der Waals surface area contributed by atoms with Crippen molar-refractivity contribution in [3.8, 4) is 11.4 Å². The molecule has 0 aromatic carbocycles. The van der Waals surface area contributed by atoms with Crippen molar-refractivity contribution in [2.45, 2.75) is 43.3 Å². The molecule has 3 rings (SSSR count). The molecule has 1 amide bonds. The first kappa shape index (κ1) is 17.0. The molecule has 1 fully saturated rings. The van der Waals surface area contributed by atoms with Crippen LogP contribution in [0.25, 0.3) is 11.4 Å². The Kier molecular flexibility index (Phi) is 5.50. The average molecular weight is 345 g/mol. The summed E-state index contributed by atoms with van der Waals surface area (Å²) < 4.78 is 2.23. The molecule has 0 bridgehead atoms. The number of carbonyl (C=O) groups excluding carboxylic acids is 1. The smallest absolute Gasteiger partial charge is 0.232 e. The monoisotopic (exact) mass is 345 g/mol. The molecule has 2 aromatic heterocycles. The van der Waals surface area contributed by atoms with Gasteiger partial charge in [0.15, 0.2) is 11.0 Å². The second-order valence-corrected chi connectivity index (χ2v) is 7.23. The Morgan fingerprint density at radius 3 is 2.75 bits per heavy atom. The Morgan fingerprint density at radius 1 is 1.29 bits per heavy atom. The number of thioether (sulfide) groups is 1. The molecule has 0 unspecified atom stereocenters. The number of pyridine rings is 1. The molecule has 2 heterocycles. The van der Waals surface area contributed by atoms with Crippen LogP contribution in [-0.2, 0) is 4.79 Å². The zero-order valence-electron chi connectivity index (χ0n) is 14.2. The van der Waals surface area contributed by atoms with Gasteiger partial charge in [-0.05, 0) is 25.0 Å². The van der Waals surface area contributed by atoms with Crippen molar-refractivity contribution in [2.75, 3.05) is 19.8 Å². The molecule has 0 saturated heterocycles. The maximum Gasteiger partial charge on any atom is 0.232 e. The fourth-order valence-corrected chi connectivity index (χ4v) is 3.98. The number of rotatable bonds is 5. The number of hydrogen-bond donors (Lipinski definition) is 0. The van der Waals surface area contributed by atoms with Gasteiger partial charge >= 0.3 is 0 Å². The van der Waals surface area contributed by atoms with E-state index in [9.17, 15) is 4.79 Å². The number of aromatic nitrogens is 4. The van der Waals surface area contributed by atoms with E-state index in [-0.39, 0.29) is 5.91 Å². The van der Waals surface area contributed by atoms with Crippen molar-refractivity contribution in [1.29, 1.82) is 0 Å². The van der Waals surface area contributed by atoms with Crippen molar-refractivity contribution in [1.82, 2.24) is 24.6 Å². The lowest BCUT2D eigenvalue weighted by molar-refractivity contribution is -0.125. The van der Waals surface area contributed by atoms with Crippen molar-refractivity contribution in [3.63, 3.8) is 0 Å². The van der Waals surface area contributed by atoms with Crippen molar-refractivity contribution in [3.05, 3.63) is 24.5 Å². The molecule has 24 heavy (non-hydrogen) atoms. The fraction of sp³-hybridized carbons (Fsp3) is 0.529. The lowest BCUT2D eigenvalue weighted by atomic mass is 9.95. The summed E-state index contributed by atoms with van der Waals surface area (Å²) in [5, 5.41) is 9.62. The number of nitrogens with zero attached hydrogens (tertiary/aromatic N) is 5. The third-order valence-corrected chi connectivity index (χ3v) is 5.28. The molecule has 2 aromatic rings. The Balaban J connectivity index is 1.90. The van der Waals surface area contributed by atoms with Gasteiger partial charge in [0, 0.05) is 38.1 Å². The summed E-state index contributed by atoms with van der Waals surface area (Å²) in [5.74, 6) is 1.32. The number of hydrogen-bond acceptors (Lipinski definition) is 5. The maximum atomic E-state index is 11.9. The summed E-state index contributed by atoms with van der Waals surface area (Å²) in [6, 6.07) is 4.33. The molecule has 0 radical (unpaired) electrons. The molecule has 0 atom stereocenters. The molecule has 128 valence electrons. The zero-order valence-corrected chi connectivity index (χ0v) is 15.0. The summed E-state index contributed by atoms with van der Waals surface area (Å²) in [7, 11) is 3.55. The highest BCUT2D eigenvalue weighted by Gasteiger charge is 2.24. The Morgan fingerprint density at radius 2 is 2.08 bits per heavy atom. The fourth-order valence-electron chi connectivity index (χ4n) is 2.99. The molecule has 1 aliphatic carbocycles. The van der Waals surface area contributed by atoms with Gasteiger partial charge in [0.25, 0.3) is 0 Å². The minimum absolute atomic E-state index is 0.0844. The first-order valence-corrected chi connectivity index (χ1v) is 9.33. The van der Waals surface area contributed by atoms with Gasteiger partial charge in [-0.3, -0.25) is 14.3 Å². The van der Waals surface area contributed by atoms with E-state index in [1.54, 1.807) is 25.2 Å². The van der Waals surface area contributed by atoms with Gasteiger partial charge in [0.1, 0.15) is 0 Å². The lowest BCUT2D eigenvalue weighted by Crippen LogP contribution is -2.24. The van der Waals surface area contributed by atoms with E-state index in [0.717, 1.165) is 29.4 Å². The van der Waals surface area contributed by atoms with E-state index < -0.39 is 0 Å². The van der Waals surface area contributed by atoms with Crippen LogP contribution in [0, 0.1) is 0 Å². The van der Waals surface area contributed by atoms with E-state index in [0.29, 0.717) is 11.8 Å². The number of carbonyl (C=O) groups is 1. The first-order chi connectivity index (χ1) is 11.7. The third kappa shape index (κ3) is 3.77. The molecule has 7 heteroatoms. The van der Waals surface area contributed by atoms with Gasteiger partial charge in [-0.2, -0.15) is 0 Å². The maximum absolute atomic E-state index is 11.9. The van der Waals surface area contributed by atoms with E-state index in [2.05, 4.69) is 19.7 Å². The standard InChI is InChI=1S/C17H23N5OS/c1-21(2)15(23)12-24-17-20-19-16(13-7-6-10-18-11-13)22(17)14-8-4-3-5-9-14/h6-7,10-11,14H,3-5,8-9,12H2,1-2H3. The first-order valence-electron chi connectivity index (χ1n) is 8.35. The Labute approximate surface area is 146 Å². The van der Waals surface area contributed by atoms with Gasteiger partial charge in [0.2, 0.25) is 5.91 Å². The predicted molar refractivity (Wildman–Crippen MR) is 94.8 cm³/mol. The average Bonchev–Trinajstić information content (AvgIpc) is 3.05. The molecule has 0 spiro atoms. The summed E-state index contributed by atoms with van der Waals surface area (Å²) in [6.07, 6.45) is 9.62. The van der Waals surface area contributed by atoms with E-state index in [1.165, 1.54) is 31.0 Å². The molecular weight excluding hydrogens is 322 g/mol. The Hall–Kier alpha value is -1.89. The van der Waals surface area contributed by atoms with Gasteiger partial charge in [-0.1, -0.05) is 31.0 Å². The molecule has 6 nitrogen and oxygen atoms in total. The predicted octanol–water partition coefficient (Wildman–Crippen LogP) is 3.03. The van der Waals surface area contributed by atoms with Crippen LogP contribution in [-0.4, -0.2) is 50.4 Å². The topological polar surface area (TPSA) is 63.9 Å². The second kappa shape index (κ2) is 7.79. The van der Waals surface area contributed by atoms with Crippen LogP contribution >= 0.6 is 11.8 Å². The molecular formula is C17H23N5OS. The van der Waals surface area contributed by atoms with Crippen LogP contribution in [0.15, 0.2) is 29.7 Å². The normalized spacial score (nSPS) is 15.4. The molecule has 1 saturated carbocycles. The van der Waals surface area contributed by atoms with Gasteiger partial charge in [-0.15, -0.1) is 10.2 Å². The van der Waals surface area contributed by atoms with Gasteiger partial charge < -0.3 is 4.90 Å². The highest BCUT2D eigenvalue weighted by molar-refractivity contribution is 7.99. The molecule has 0 N–H and O–H groups in total. The molecule has 0 aliphatic heterocycles. The summed E-state index contributed by atoms with van der Waals surface area (Å²) in [4.78, 5) is 17.7. The highest BCUT2D eigenvalue weighted by atomic mass is 32.2. The van der Waals surface area contributed by atoms with Crippen LogP contribution in [0.5, 0.6) is 0 Å². The third-order valence-electron chi connectivity index (χ3n) is 4.35. The van der Waals surface area contributed by atoms with Crippen LogP contribution < -0.4 is 0 Å². The van der Waals surface area contributed by atoms with Gasteiger partial charge in [0.05, 0.1) is 5.75 Å². The number of amides is 1. The van der Waals surface area contributed by atoms with Crippen LogP contribution in [0.1, 0.15) is 38.1 Å². The second-order valence-electron chi connectivity index (χ2n) is 6.29. The van der Waals surface area contributed by atoms with E-state index in [1.807, 2.05) is 18.3 Å². The highest BCUT2D eigenvalue weighted by Crippen LogP contribution is 2.35. The van der Waals surface area contributed by atoms with E-state index >= 15 is 0 Å². The van der Waals surface area contributed by atoms with Gasteiger partial charge in [-0.25, -0.2) is 0 Å². The van der Waals surface area contributed by atoms with Crippen LogP contribution in [0.3, 0.4) is 0 Å². The molecule has 1 aliphatic rings. The van der Waals surface area contributed by atoms with Crippen molar-refractivity contribution >= 4 is 17.7 Å². The lowest BCUT2D eigenvalue weighted by Gasteiger charge is -2.25. The largest absolute Gasteiger partial charge is 0.348 e. The minimum Gasteiger partial charge on any atom is -0.348 e. The van der Waals surface area contributed by atoms with Crippen molar-refractivity contribution < 1.29 is 4.79 Å². The van der Waals surface area contributed by atoms with E-state index in [4.69, 9.17) is 0 Å². The van der Waals surface area contributed by atoms with Crippen LogP contribution in [0.4, 0.5) is 0 Å². The quantitative estimate of drug-likeness (QED) is 0.780. The van der Waals surface area contributed by atoms with Crippen molar-refractivity contribution in [2.24, 2.45) is 0 Å². The summed E-state index contributed by atoms with van der Waals surface area (Å²) in [5.41, 5.74) is 0.973. The minimum atomic E-state index is 0.0844.